The molecule has 0 aliphatic rings. The molecule has 0 unspecified atom stereocenters. The van der Waals surface area contributed by atoms with Gasteiger partial charge >= 0.3 is 0 Å². The van der Waals surface area contributed by atoms with Crippen molar-refractivity contribution in [1.82, 2.24) is 10.9 Å². The summed E-state index contributed by atoms with van der Waals surface area (Å²) < 4.78 is 0. The lowest BCUT2D eigenvalue weighted by Crippen LogP contribution is -2.41. The predicted octanol–water partition coefficient (Wildman–Crippen LogP) is 4.42. The van der Waals surface area contributed by atoms with Crippen LogP contribution in [0.15, 0.2) is 70.4 Å². The molecule has 0 bridgehead atoms. The quantitative estimate of drug-likeness (QED) is 0.262. The first kappa shape index (κ1) is 22.4. The predicted molar refractivity (Wildman–Crippen MR) is 117 cm³/mol. The maximum Gasteiger partial charge on any atom is 0.228 e. The largest absolute Gasteiger partial charge is 0.367 e. The molecule has 27 heavy (non-hydrogen) atoms. The summed E-state index contributed by atoms with van der Waals surface area (Å²) in [5.74, 6) is 1.24. The van der Waals surface area contributed by atoms with Crippen LogP contribution in [0.4, 0.5) is 0 Å². The SMILES string of the molecule is C=CC(/C=N/N=C(N)NNCc1ccc(C(C)C)cc1)=C\C=C(/C)C(C)C. The van der Waals surface area contributed by atoms with Crippen LogP contribution in [0, 0.1) is 5.92 Å². The molecule has 0 amide bonds. The van der Waals surface area contributed by atoms with Gasteiger partial charge in [0.1, 0.15) is 0 Å². The molecule has 0 saturated heterocycles. The van der Waals surface area contributed by atoms with Crippen molar-refractivity contribution in [3.63, 3.8) is 0 Å². The zero-order valence-corrected chi connectivity index (χ0v) is 17.2. The molecule has 146 valence electrons. The maximum absolute atomic E-state index is 5.80. The van der Waals surface area contributed by atoms with E-state index in [0.29, 0.717) is 18.4 Å². The summed E-state index contributed by atoms with van der Waals surface area (Å²) in [6, 6.07) is 8.48. The summed E-state index contributed by atoms with van der Waals surface area (Å²) >= 11 is 0. The van der Waals surface area contributed by atoms with E-state index in [1.54, 1.807) is 12.3 Å². The van der Waals surface area contributed by atoms with Crippen LogP contribution in [0.3, 0.4) is 0 Å². The first-order valence-electron chi connectivity index (χ1n) is 9.28. The summed E-state index contributed by atoms with van der Waals surface area (Å²) in [5, 5.41) is 7.91. The lowest BCUT2D eigenvalue weighted by atomic mass is 10.0. The molecule has 0 aliphatic heterocycles. The van der Waals surface area contributed by atoms with E-state index in [4.69, 9.17) is 5.73 Å². The van der Waals surface area contributed by atoms with Crippen molar-refractivity contribution in [2.24, 2.45) is 21.9 Å². The molecular formula is C22H33N5. The Morgan fingerprint density at radius 2 is 1.81 bits per heavy atom. The Balaban J connectivity index is 2.51. The molecule has 0 aromatic heterocycles. The summed E-state index contributed by atoms with van der Waals surface area (Å²) in [4.78, 5) is 0. The topological polar surface area (TPSA) is 74.8 Å². The van der Waals surface area contributed by atoms with Gasteiger partial charge in [-0.2, -0.15) is 5.10 Å². The van der Waals surface area contributed by atoms with Gasteiger partial charge < -0.3 is 5.73 Å². The standard InChI is InChI=1S/C22H33N5/c1-7-19(9-8-18(6)16(2)3)14-24-26-22(23)27-25-15-20-10-12-21(13-11-20)17(4)5/h7-14,16-17,25H,1,15H2,2-6H3,(H3,23,26,27)/b18-8+,19-9+,24-14+. The normalized spacial score (nSPS) is 13.7. The summed E-state index contributed by atoms with van der Waals surface area (Å²) in [7, 11) is 0. The van der Waals surface area contributed by atoms with Gasteiger partial charge in [-0.1, -0.05) is 82.3 Å². The van der Waals surface area contributed by atoms with Crippen molar-refractivity contribution >= 4 is 12.2 Å². The highest BCUT2D eigenvalue weighted by Crippen LogP contribution is 2.14. The lowest BCUT2D eigenvalue weighted by molar-refractivity contribution is 0.647. The average molecular weight is 368 g/mol. The first-order valence-corrected chi connectivity index (χ1v) is 9.28. The molecule has 5 nitrogen and oxygen atoms in total. The Kier molecular flexibility index (Phi) is 9.83. The fourth-order valence-electron chi connectivity index (χ4n) is 2.02. The average Bonchev–Trinajstić information content (AvgIpc) is 2.64. The second-order valence-electron chi connectivity index (χ2n) is 7.04. The number of benzene rings is 1. The van der Waals surface area contributed by atoms with Gasteiger partial charge in [0.2, 0.25) is 5.96 Å². The number of allylic oxidation sites excluding steroid dienone is 5. The third-order valence-electron chi connectivity index (χ3n) is 4.21. The van der Waals surface area contributed by atoms with E-state index in [0.717, 1.165) is 11.1 Å². The monoisotopic (exact) mass is 367 g/mol. The van der Waals surface area contributed by atoms with Crippen LogP contribution in [-0.4, -0.2) is 12.2 Å². The van der Waals surface area contributed by atoms with Gasteiger partial charge in [0, 0.05) is 6.54 Å². The molecule has 0 atom stereocenters. The molecule has 1 rings (SSSR count). The molecule has 0 aliphatic carbocycles. The molecule has 4 N–H and O–H groups in total. The number of nitrogens with zero attached hydrogens (tertiary/aromatic N) is 2. The van der Waals surface area contributed by atoms with Gasteiger partial charge in [-0.25, -0.2) is 5.43 Å². The van der Waals surface area contributed by atoms with Crippen LogP contribution >= 0.6 is 0 Å². The van der Waals surface area contributed by atoms with E-state index in [2.05, 4.69) is 92.6 Å². The Bertz CT molecular complexity index is 707. The summed E-state index contributed by atoms with van der Waals surface area (Å²) in [6.45, 7) is 15.2. The van der Waals surface area contributed by atoms with Gasteiger partial charge in [0.05, 0.1) is 6.21 Å². The van der Waals surface area contributed by atoms with Crippen molar-refractivity contribution in [2.45, 2.75) is 47.1 Å². The number of nitrogens with one attached hydrogen (secondary N) is 2. The molecule has 0 fully saturated rings. The smallest absolute Gasteiger partial charge is 0.228 e. The van der Waals surface area contributed by atoms with Crippen LogP contribution in [0.25, 0.3) is 0 Å². The minimum atomic E-state index is 0.197. The fourth-order valence-corrected chi connectivity index (χ4v) is 2.02. The minimum Gasteiger partial charge on any atom is -0.367 e. The van der Waals surface area contributed by atoms with Crippen molar-refractivity contribution in [3.05, 3.63) is 71.3 Å². The van der Waals surface area contributed by atoms with Gasteiger partial charge in [-0.3, -0.25) is 5.43 Å². The molecule has 0 heterocycles. The number of hydrogen-bond donors (Lipinski definition) is 3. The molecular weight excluding hydrogens is 334 g/mol. The third-order valence-corrected chi connectivity index (χ3v) is 4.21. The van der Waals surface area contributed by atoms with E-state index in [1.165, 1.54) is 11.1 Å². The highest BCUT2D eigenvalue weighted by atomic mass is 15.4. The van der Waals surface area contributed by atoms with Crippen LogP contribution in [0.1, 0.15) is 51.7 Å². The molecule has 1 aromatic rings. The zero-order valence-electron chi connectivity index (χ0n) is 17.2. The number of rotatable bonds is 9. The molecule has 0 radical (unpaired) electrons. The number of guanidine groups is 1. The highest BCUT2D eigenvalue weighted by Gasteiger charge is 1.99. The molecule has 0 spiro atoms. The van der Waals surface area contributed by atoms with Crippen molar-refractivity contribution in [2.75, 3.05) is 0 Å². The van der Waals surface area contributed by atoms with Crippen LogP contribution in [0.2, 0.25) is 0 Å². The molecule has 1 aromatic carbocycles. The van der Waals surface area contributed by atoms with E-state index >= 15 is 0 Å². The number of nitrogens with two attached hydrogens (primary N) is 1. The fraction of sp³-hybridized carbons (Fsp3) is 0.364. The zero-order chi connectivity index (χ0) is 20.2. The van der Waals surface area contributed by atoms with Gasteiger partial charge in [0.15, 0.2) is 0 Å². The number of hydrazine groups is 1. The summed E-state index contributed by atoms with van der Waals surface area (Å²) in [5.41, 5.74) is 16.3. The second kappa shape index (κ2) is 11.9. The maximum atomic E-state index is 5.80. The summed E-state index contributed by atoms with van der Waals surface area (Å²) in [6.07, 6.45) is 7.37. The van der Waals surface area contributed by atoms with E-state index in [1.807, 2.05) is 6.08 Å². The van der Waals surface area contributed by atoms with Crippen LogP contribution < -0.4 is 16.6 Å². The van der Waals surface area contributed by atoms with E-state index in [9.17, 15) is 0 Å². The second-order valence-corrected chi connectivity index (χ2v) is 7.04. The Hall–Kier alpha value is -2.66. The molecule has 5 heteroatoms. The van der Waals surface area contributed by atoms with E-state index in [-0.39, 0.29) is 5.96 Å². The number of hydrogen-bond acceptors (Lipinski definition) is 3. The van der Waals surface area contributed by atoms with Crippen LogP contribution in [0.5, 0.6) is 0 Å². The van der Waals surface area contributed by atoms with Gasteiger partial charge in [-0.15, -0.1) is 5.10 Å². The Labute approximate surface area is 163 Å². The van der Waals surface area contributed by atoms with Crippen molar-refractivity contribution in [1.29, 1.82) is 0 Å². The lowest BCUT2D eigenvalue weighted by Gasteiger charge is -2.09. The third kappa shape index (κ3) is 9.01. The van der Waals surface area contributed by atoms with Crippen LogP contribution in [-0.2, 0) is 6.54 Å². The minimum absolute atomic E-state index is 0.197. The molecule has 0 saturated carbocycles. The van der Waals surface area contributed by atoms with Crippen molar-refractivity contribution < 1.29 is 0 Å². The Morgan fingerprint density at radius 3 is 2.37 bits per heavy atom. The highest BCUT2D eigenvalue weighted by molar-refractivity contribution is 5.84. The Morgan fingerprint density at radius 1 is 1.15 bits per heavy atom. The first-order chi connectivity index (χ1) is 12.8. The van der Waals surface area contributed by atoms with E-state index < -0.39 is 0 Å². The van der Waals surface area contributed by atoms with Gasteiger partial charge in [-0.05, 0) is 35.5 Å². The van der Waals surface area contributed by atoms with Crippen molar-refractivity contribution in [3.8, 4) is 0 Å². The van der Waals surface area contributed by atoms with Gasteiger partial charge in [0.25, 0.3) is 0 Å².